The first-order valence-corrected chi connectivity index (χ1v) is 13.0. The summed E-state index contributed by atoms with van der Waals surface area (Å²) in [6.07, 6.45) is 2.61. The Balaban J connectivity index is 1.51. The van der Waals surface area contributed by atoms with Gasteiger partial charge in [0.05, 0.1) is 22.8 Å². The number of hydrazone groups is 1. The predicted molar refractivity (Wildman–Crippen MR) is 139 cm³/mol. The van der Waals surface area contributed by atoms with Crippen LogP contribution in [0.3, 0.4) is 0 Å². The molecule has 0 aromatic heterocycles. The summed E-state index contributed by atoms with van der Waals surface area (Å²) in [6.45, 7) is 2.89. The van der Waals surface area contributed by atoms with Crippen molar-refractivity contribution in [3.63, 3.8) is 0 Å². The second-order valence-corrected chi connectivity index (χ2v) is 10.4. The van der Waals surface area contributed by atoms with Crippen LogP contribution in [0.15, 0.2) is 74.7 Å². The van der Waals surface area contributed by atoms with Crippen LogP contribution in [0.1, 0.15) is 55.1 Å². The minimum Gasteiger partial charge on any atom is -0.494 e. The van der Waals surface area contributed by atoms with Crippen molar-refractivity contribution in [1.29, 1.82) is 0 Å². The molecule has 0 amide bonds. The second-order valence-electron chi connectivity index (χ2n) is 8.20. The molecule has 2 heterocycles. The molecule has 2 aliphatic rings. The summed E-state index contributed by atoms with van der Waals surface area (Å²) >= 11 is 13.4. The molecule has 0 aliphatic carbocycles. The fraction of sp³-hybridized carbons (Fsp3) is 0.269. The number of unbranched alkanes of at least 4 members (excludes halogenated alkanes) is 1. The second kappa shape index (κ2) is 9.69. The van der Waals surface area contributed by atoms with Crippen LogP contribution in [0.5, 0.6) is 11.5 Å². The van der Waals surface area contributed by atoms with E-state index < -0.39 is 0 Å². The van der Waals surface area contributed by atoms with E-state index >= 15 is 0 Å². The van der Waals surface area contributed by atoms with Gasteiger partial charge in [-0.25, -0.2) is 5.01 Å². The first-order chi connectivity index (χ1) is 16.0. The van der Waals surface area contributed by atoms with Crippen molar-refractivity contribution in [3.05, 3.63) is 91.3 Å². The molecule has 4 nitrogen and oxygen atoms in total. The Morgan fingerprint density at radius 3 is 2.58 bits per heavy atom. The van der Waals surface area contributed by atoms with E-state index in [1.807, 2.05) is 42.5 Å². The maximum Gasteiger partial charge on any atom is 0.213 e. The standard InChI is InChI=1S/C26H23Br2ClN2O2/c1-2-3-12-32-20-10-6-17(7-11-20)26-31-24(21-13-18(27)14-22(28)25(21)33-26)15-23(30-31)16-4-8-19(29)9-5-16/h4-11,13-14,24,26H,2-3,12,15H2,1H3/t24-,26-/m0/s1. The lowest BCUT2D eigenvalue weighted by Gasteiger charge is -2.38. The van der Waals surface area contributed by atoms with Gasteiger partial charge in [-0.1, -0.05) is 53.0 Å². The Hall–Kier alpha value is -2.02. The molecule has 3 aromatic rings. The van der Waals surface area contributed by atoms with Crippen LogP contribution in [-0.2, 0) is 0 Å². The third-order valence-corrected chi connectivity index (χ3v) is 7.22. The lowest BCUT2D eigenvalue weighted by molar-refractivity contribution is -0.0197. The molecule has 7 heteroatoms. The molecule has 0 fully saturated rings. The van der Waals surface area contributed by atoms with E-state index in [9.17, 15) is 0 Å². The van der Waals surface area contributed by atoms with Crippen LogP contribution in [0.25, 0.3) is 0 Å². The van der Waals surface area contributed by atoms with Gasteiger partial charge in [0.1, 0.15) is 11.5 Å². The van der Waals surface area contributed by atoms with Crippen LogP contribution in [0.2, 0.25) is 5.02 Å². The van der Waals surface area contributed by atoms with Crippen molar-refractivity contribution in [2.24, 2.45) is 5.10 Å². The summed E-state index contributed by atoms with van der Waals surface area (Å²) in [5.41, 5.74) is 4.24. The average Bonchev–Trinajstić information content (AvgIpc) is 3.26. The number of hydrogen-bond donors (Lipinski definition) is 0. The molecule has 5 rings (SSSR count). The van der Waals surface area contributed by atoms with Crippen molar-refractivity contribution < 1.29 is 9.47 Å². The quantitative estimate of drug-likeness (QED) is 0.271. The molecule has 2 aliphatic heterocycles. The Kier molecular flexibility index (Phi) is 6.68. The Morgan fingerprint density at radius 2 is 1.85 bits per heavy atom. The Labute approximate surface area is 215 Å². The van der Waals surface area contributed by atoms with Gasteiger partial charge in [-0.15, -0.1) is 0 Å². The predicted octanol–water partition coefficient (Wildman–Crippen LogP) is 8.29. The van der Waals surface area contributed by atoms with Gasteiger partial charge >= 0.3 is 0 Å². The summed E-state index contributed by atoms with van der Waals surface area (Å²) in [4.78, 5) is 0. The van der Waals surface area contributed by atoms with Gasteiger partial charge in [-0.2, -0.15) is 5.10 Å². The molecule has 2 atom stereocenters. The summed E-state index contributed by atoms with van der Waals surface area (Å²) in [5, 5.41) is 7.83. The molecule has 0 spiro atoms. The fourth-order valence-electron chi connectivity index (χ4n) is 4.21. The largest absolute Gasteiger partial charge is 0.494 e. The third-order valence-electron chi connectivity index (χ3n) is 5.92. The Bertz CT molecular complexity index is 1180. The van der Waals surface area contributed by atoms with Crippen molar-refractivity contribution >= 4 is 49.2 Å². The van der Waals surface area contributed by atoms with E-state index in [1.165, 1.54) is 0 Å². The fourth-order valence-corrected chi connectivity index (χ4v) is 5.69. The first-order valence-electron chi connectivity index (χ1n) is 11.0. The highest BCUT2D eigenvalue weighted by atomic mass is 79.9. The van der Waals surface area contributed by atoms with E-state index in [0.29, 0.717) is 0 Å². The van der Waals surface area contributed by atoms with Crippen molar-refractivity contribution in [2.75, 3.05) is 6.61 Å². The number of halogens is 3. The highest BCUT2D eigenvalue weighted by Gasteiger charge is 2.42. The molecule has 0 saturated heterocycles. The number of fused-ring (bicyclic) bond motifs is 3. The zero-order valence-corrected chi connectivity index (χ0v) is 22.0. The van der Waals surface area contributed by atoms with E-state index in [2.05, 4.69) is 62.0 Å². The minimum atomic E-state index is -0.338. The summed E-state index contributed by atoms with van der Waals surface area (Å²) < 4.78 is 14.3. The summed E-state index contributed by atoms with van der Waals surface area (Å²) in [5.74, 6) is 1.73. The number of rotatable bonds is 6. The zero-order valence-electron chi connectivity index (χ0n) is 18.1. The molecule has 3 aromatic carbocycles. The molecule has 0 radical (unpaired) electrons. The van der Waals surface area contributed by atoms with Crippen molar-refractivity contribution in [3.8, 4) is 11.5 Å². The van der Waals surface area contributed by atoms with E-state index in [0.717, 1.165) is 73.7 Å². The number of hydrogen-bond acceptors (Lipinski definition) is 4. The topological polar surface area (TPSA) is 34.1 Å². The van der Waals surface area contributed by atoms with Crippen LogP contribution in [0, 0.1) is 0 Å². The zero-order chi connectivity index (χ0) is 22.9. The smallest absolute Gasteiger partial charge is 0.213 e. The minimum absolute atomic E-state index is 0.0682. The van der Waals surface area contributed by atoms with Crippen molar-refractivity contribution in [1.82, 2.24) is 5.01 Å². The van der Waals surface area contributed by atoms with Crippen LogP contribution < -0.4 is 9.47 Å². The van der Waals surface area contributed by atoms with Gasteiger partial charge in [-0.05, 0) is 76.4 Å². The highest BCUT2D eigenvalue weighted by molar-refractivity contribution is 9.11. The van der Waals surface area contributed by atoms with Gasteiger partial charge < -0.3 is 9.47 Å². The SMILES string of the molecule is CCCCOc1ccc([C@@H]2Oc3c(Br)cc(Br)cc3[C@@H]3CC(c4ccc(Cl)cc4)=NN32)cc1. The molecule has 0 bridgehead atoms. The molecule has 33 heavy (non-hydrogen) atoms. The van der Waals surface area contributed by atoms with Gasteiger partial charge in [0, 0.05) is 27.0 Å². The molecule has 0 saturated carbocycles. The normalized spacial score (nSPS) is 18.9. The monoisotopic (exact) mass is 588 g/mol. The van der Waals surface area contributed by atoms with Gasteiger partial charge in [0.2, 0.25) is 6.23 Å². The average molecular weight is 591 g/mol. The Morgan fingerprint density at radius 1 is 1.09 bits per heavy atom. The number of ether oxygens (including phenoxy) is 2. The summed E-state index contributed by atoms with van der Waals surface area (Å²) in [7, 11) is 0. The number of nitrogens with zero attached hydrogens (tertiary/aromatic N) is 2. The summed E-state index contributed by atoms with van der Waals surface area (Å²) in [6, 6.07) is 20.2. The molecule has 170 valence electrons. The molecular weight excluding hydrogens is 568 g/mol. The molecular formula is C26H23Br2ClN2O2. The molecule has 0 unspecified atom stereocenters. The van der Waals surface area contributed by atoms with E-state index in [-0.39, 0.29) is 12.3 Å². The van der Waals surface area contributed by atoms with Crippen molar-refractivity contribution in [2.45, 2.75) is 38.5 Å². The number of benzene rings is 3. The lowest BCUT2D eigenvalue weighted by Crippen LogP contribution is -2.33. The maximum absolute atomic E-state index is 6.55. The maximum atomic E-state index is 6.55. The van der Waals surface area contributed by atoms with E-state index in [1.54, 1.807) is 0 Å². The molecule has 0 N–H and O–H groups in total. The van der Waals surface area contributed by atoms with Crippen LogP contribution >= 0.6 is 43.5 Å². The van der Waals surface area contributed by atoms with E-state index in [4.69, 9.17) is 26.2 Å². The van der Waals surface area contributed by atoms with Gasteiger partial charge in [0.25, 0.3) is 0 Å². The lowest BCUT2D eigenvalue weighted by atomic mass is 9.96. The van der Waals surface area contributed by atoms with Crippen LogP contribution in [-0.4, -0.2) is 17.3 Å². The van der Waals surface area contributed by atoms with Crippen LogP contribution in [0.4, 0.5) is 0 Å². The first kappa shape index (κ1) is 22.8. The third kappa shape index (κ3) is 4.66. The van der Waals surface area contributed by atoms with Gasteiger partial charge in [0.15, 0.2) is 0 Å². The highest BCUT2D eigenvalue weighted by Crippen LogP contribution is 2.51. The van der Waals surface area contributed by atoms with Gasteiger partial charge in [-0.3, -0.25) is 0 Å².